The molecule has 0 aliphatic heterocycles. The topological polar surface area (TPSA) is 29.1 Å². The highest BCUT2D eigenvalue weighted by Gasteiger charge is 2.23. The van der Waals surface area contributed by atoms with Gasteiger partial charge in [-0.3, -0.25) is 4.79 Å². The highest BCUT2D eigenvalue weighted by Crippen LogP contribution is 2.25. The van der Waals surface area contributed by atoms with E-state index in [0.29, 0.717) is 12.0 Å². The first-order chi connectivity index (χ1) is 9.74. The Morgan fingerprint density at radius 3 is 2.60 bits per heavy atom. The van der Waals surface area contributed by atoms with E-state index in [1.54, 1.807) is 0 Å². The molecule has 0 radical (unpaired) electrons. The maximum absolute atomic E-state index is 12.4. The molecule has 1 aromatic rings. The van der Waals surface area contributed by atoms with E-state index in [9.17, 15) is 4.79 Å². The number of hydrogen-bond acceptors (Lipinski definition) is 1. The Kier molecular flexibility index (Phi) is 4.09. The fraction of sp³-hybridized carbons (Fsp3) is 0.611. The molecule has 1 fully saturated rings. The van der Waals surface area contributed by atoms with Gasteiger partial charge >= 0.3 is 0 Å². The number of rotatable bonds is 2. The maximum atomic E-state index is 12.4. The van der Waals surface area contributed by atoms with E-state index in [1.165, 1.54) is 49.7 Å². The van der Waals surface area contributed by atoms with Crippen molar-refractivity contribution < 1.29 is 4.79 Å². The predicted octanol–water partition coefficient (Wildman–Crippen LogP) is 3.87. The summed E-state index contributed by atoms with van der Waals surface area (Å²) in [5.74, 6) is 0.738. The molecule has 1 N–H and O–H groups in total. The lowest BCUT2D eigenvalue weighted by molar-refractivity contribution is 0.0910. The SMILES string of the molecule is C[C@H]1CCCC[C@H]1NC(=O)c1ccc2c(c1)CCCC2. The van der Waals surface area contributed by atoms with E-state index >= 15 is 0 Å². The lowest BCUT2D eigenvalue weighted by Gasteiger charge is -2.29. The first-order valence-electron chi connectivity index (χ1n) is 8.17. The summed E-state index contributed by atoms with van der Waals surface area (Å²) >= 11 is 0. The smallest absolute Gasteiger partial charge is 0.251 e. The predicted molar refractivity (Wildman–Crippen MR) is 82.0 cm³/mol. The van der Waals surface area contributed by atoms with Crippen LogP contribution in [0.3, 0.4) is 0 Å². The van der Waals surface area contributed by atoms with Crippen LogP contribution in [0.15, 0.2) is 18.2 Å². The van der Waals surface area contributed by atoms with E-state index < -0.39 is 0 Å². The van der Waals surface area contributed by atoms with E-state index in [4.69, 9.17) is 0 Å². The zero-order valence-electron chi connectivity index (χ0n) is 12.5. The second-order valence-corrected chi connectivity index (χ2v) is 6.53. The Bertz CT molecular complexity index is 494. The summed E-state index contributed by atoms with van der Waals surface area (Å²) in [6, 6.07) is 6.66. The molecule has 2 nitrogen and oxygen atoms in total. The summed E-state index contributed by atoms with van der Waals surface area (Å²) in [6.45, 7) is 2.26. The van der Waals surface area contributed by atoms with Gasteiger partial charge < -0.3 is 5.32 Å². The third-order valence-electron chi connectivity index (χ3n) is 5.04. The molecule has 0 unspecified atom stereocenters. The molecule has 0 bridgehead atoms. The van der Waals surface area contributed by atoms with Crippen molar-refractivity contribution in [1.82, 2.24) is 5.32 Å². The van der Waals surface area contributed by atoms with Gasteiger partial charge in [0.25, 0.3) is 5.91 Å². The van der Waals surface area contributed by atoms with Crippen LogP contribution in [0.1, 0.15) is 66.9 Å². The number of benzene rings is 1. The Morgan fingerprint density at radius 2 is 1.80 bits per heavy atom. The Balaban J connectivity index is 1.70. The summed E-state index contributed by atoms with van der Waals surface area (Å²) < 4.78 is 0. The largest absolute Gasteiger partial charge is 0.349 e. The molecule has 0 aromatic heterocycles. The average molecular weight is 271 g/mol. The first kappa shape index (κ1) is 13.7. The van der Waals surface area contributed by atoms with Crippen LogP contribution in [0.4, 0.5) is 0 Å². The molecule has 0 heterocycles. The maximum Gasteiger partial charge on any atom is 0.251 e. The van der Waals surface area contributed by atoms with Gasteiger partial charge in [0.15, 0.2) is 0 Å². The van der Waals surface area contributed by atoms with E-state index in [2.05, 4.69) is 24.4 Å². The third-order valence-corrected chi connectivity index (χ3v) is 5.04. The number of carbonyl (C=O) groups is 1. The minimum absolute atomic E-state index is 0.122. The van der Waals surface area contributed by atoms with Crippen molar-refractivity contribution in [2.75, 3.05) is 0 Å². The number of aryl methyl sites for hydroxylation is 2. The molecule has 1 amide bonds. The fourth-order valence-electron chi connectivity index (χ4n) is 3.66. The molecule has 108 valence electrons. The van der Waals surface area contributed by atoms with Gasteiger partial charge in [0, 0.05) is 11.6 Å². The monoisotopic (exact) mass is 271 g/mol. The quantitative estimate of drug-likeness (QED) is 0.869. The number of carbonyl (C=O) groups excluding carboxylic acids is 1. The van der Waals surface area contributed by atoms with Gasteiger partial charge in [-0.05, 0) is 67.7 Å². The summed E-state index contributed by atoms with van der Waals surface area (Å²) in [4.78, 5) is 12.4. The Morgan fingerprint density at radius 1 is 1.05 bits per heavy atom. The van der Waals surface area contributed by atoms with Crippen LogP contribution >= 0.6 is 0 Å². The van der Waals surface area contributed by atoms with Crippen LogP contribution in [-0.2, 0) is 12.8 Å². The molecule has 0 saturated heterocycles. The van der Waals surface area contributed by atoms with Gasteiger partial charge in [-0.1, -0.05) is 25.8 Å². The lowest BCUT2D eigenvalue weighted by atomic mass is 9.85. The number of amides is 1. The highest BCUT2D eigenvalue weighted by molar-refractivity contribution is 5.94. The second kappa shape index (κ2) is 5.99. The molecule has 1 aromatic carbocycles. The lowest BCUT2D eigenvalue weighted by Crippen LogP contribution is -2.41. The molecular weight excluding hydrogens is 246 g/mol. The second-order valence-electron chi connectivity index (χ2n) is 6.53. The molecular formula is C18H25NO. The molecule has 20 heavy (non-hydrogen) atoms. The Labute approximate surface area is 122 Å². The number of hydrogen-bond donors (Lipinski definition) is 1. The van der Waals surface area contributed by atoms with Gasteiger partial charge in [0.1, 0.15) is 0 Å². The first-order valence-corrected chi connectivity index (χ1v) is 8.17. The normalized spacial score (nSPS) is 25.9. The van der Waals surface area contributed by atoms with E-state index in [1.807, 2.05) is 6.07 Å². The van der Waals surface area contributed by atoms with Gasteiger partial charge in [-0.15, -0.1) is 0 Å². The van der Waals surface area contributed by atoms with Gasteiger partial charge in [-0.25, -0.2) is 0 Å². The zero-order chi connectivity index (χ0) is 13.9. The molecule has 2 atom stereocenters. The molecule has 1 saturated carbocycles. The van der Waals surface area contributed by atoms with Crippen LogP contribution in [-0.4, -0.2) is 11.9 Å². The van der Waals surface area contributed by atoms with Crippen LogP contribution in [0.2, 0.25) is 0 Å². The minimum atomic E-state index is 0.122. The van der Waals surface area contributed by atoms with Crippen molar-refractivity contribution in [3.63, 3.8) is 0 Å². The third kappa shape index (κ3) is 2.89. The van der Waals surface area contributed by atoms with Gasteiger partial charge in [0.2, 0.25) is 0 Å². The van der Waals surface area contributed by atoms with Gasteiger partial charge in [0.05, 0.1) is 0 Å². The standard InChI is InChI=1S/C18H25NO/c1-13-6-2-5-9-17(13)19-18(20)16-11-10-14-7-3-4-8-15(14)12-16/h10-13,17H,2-9H2,1H3,(H,19,20)/t13-,17+/m0/s1. The van der Waals surface area contributed by atoms with E-state index in [-0.39, 0.29) is 5.91 Å². The Hall–Kier alpha value is -1.31. The van der Waals surface area contributed by atoms with Crippen molar-refractivity contribution in [1.29, 1.82) is 0 Å². The minimum Gasteiger partial charge on any atom is -0.349 e. The van der Waals surface area contributed by atoms with Crippen LogP contribution < -0.4 is 5.32 Å². The van der Waals surface area contributed by atoms with Crippen molar-refractivity contribution in [3.05, 3.63) is 34.9 Å². The van der Waals surface area contributed by atoms with Crippen molar-refractivity contribution >= 4 is 5.91 Å². The fourth-order valence-corrected chi connectivity index (χ4v) is 3.66. The van der Waals surface area contributed by atoms with Gasteiger partial charge in [-0.2, -0.15) is 0 Å². The summed E-state index contributed by atoms with van der Waals surface area (Å²) in [5.41, 5.74) is 3.68. The highest BCUT2D eigenvalue weighted by atomic mass is 16.1. The molecule has 2 aliphatic rings. The van der Waals surface area contributed by atoms with Crippen molar-refractivity contribution in [3.8, 4) is 0 Å². The zero-order valence-corrected chi connectivity index (χ0v) is 12.5. The average Bonchev–Trinajstić information content (AvgIpc) is 2.49. The van der Waals surface area contributed by atoms with Crippen LogP contribution in [0, 0.1) is 5.92 Å². The van der Waals surface area contributed by atoms with E-state index in [0.717, 1.165) is 18.4 Å². The summed E-state index contributed by atoms with van der Waals surface area (Å²) in [5, 5.41) is 3.25. The van der Waals surface area contributed by atoms with Crippen LogP contribution in [0.25, 0.3) is 0 Å². The molecule has 3 rings (SSSR count). The molecule has 2 heteroatoms. The number of nitrogens with one attached hydrogen (secondary N) is 1. The van der Waals surface area contributed by atoms with Crippen molar-refractivity contribution in [2.45, 2.75) is 64.3 Å². The van der Waals surface area contributed by atoms with Crippen molar-refractivity contribution in [2.24, 2.45) is 5.92 Å². The molecule has 0 spiro atoms. The number of fused-ring (bicyclic) bond motifs is 1. The molecule has 2 aliphatic carbocycles. The summed E-state index contributed by atoms with van der Waals surface area (Å²) in [6.07, 6.45) is 9.81. The van der Waals surface area contributed by atoms with Crippen LogP contribution in [0.5, 0.6) is 0 Å². The summed E-state index contributed by atoms with van der Waals surface area (Å²) in [7, 11) is 0.